The van der Waals surface area contributed by atoms with Crippen molar-refractivity contribution in [3.05, 3.63) is 60.2 Å². The van der Waals surface area contributed by atoms with Gasteiger partial charge in [-0.1, -0.05) is 24.3 Å². The van der Waals surface area contributed by atoms with Gasteiger partial charge >= 0.3 is 6.18 Å². The number of hydrogen-bond donors (Lipinski definition) is 2. The van der Waals surface area contributed by atoms with E-state index in [1.807, 2.05) is 42.2 Å². The number of para-hydroxylation sites is 1. The number of benzene rings is 2. The summed E-state index contributed by atoms with van der Waals surface area (Å²) in [6.45, 7) is 4.49. The van der Waals surface area contributed by atoms with Crippen LogP contribution in [0.15, 0.2) is 54.6 Å². The third-order valence-corrected chi connectivity index (χ3v) is 4.99. The van der Waals surface area contributed by atoms with E-state index in [0.29, 0.717) is 31.9 Å². The van der Waals surface area contributed by atoms with Gasteiger partial charge in [-0.05, 0) is 37.3 Å². The lowest BCUT2D eigenvalue weighted by Crippen LogP contribution is -3.19. The number of halogens is 3. The molecule has 0 radical (unpaired) electrons. The highest BCUT2D eigenvalue weighted by Crippen LogP contribution is 2.31. The molecular weight excluding hydrogens is 355 g/mol. The lowest BCUT2D eigenvalue weighted by Gasteiger charge is -2.36. The van der Waals surface area contributed by atoms with Gasteiger partial charge in [-0.3, -0.25) is 4.79 Å². The van der Waals surface area contributed by atoms with Crippen LogP contribution in [0.25, 0.3) is 0 Å². The predicted molar refractivity (Wildman–Crippen MR) is 98.9 cm³/mol. The minimum absolute atomic E-state index is 0.0521. The van der Waals surface area contributed by atoms with Crippen molar-refractivity contribution in [3.8, 4) is 0 Å². The van der Waals surface area contributed by atoms with Crippen LogP contribution in [0.3, 0.4) is 0 Å². The van der Waals surface area contributed by atoms with Gasteiger partial charge in [0.25, 0.3) is 5.91 Å². The van der Waals surface area contributed by atoms with Crippen molar-refractivity contribution in [3.63, 3.8) is 0 Å². The first-order valence-electron chi connectivity index (χ1n) is 8.97. The maximum Gasteiger partial charge on any atom is 0.416 e. The van der Waals surface area contributed by atoms with E-state index in [-0.39, 0.29) is 11.9 Å². The Labute approximate surface area is 156 Å². The maximum atomic E-state index is 12.9. The second-order valence-corrected chi connectivity index (χ2v) is 6.77. The molecule has 3 rings (SSSR count). The molecule has 4 nitrogen and oxygen atoms in total. The van der Waals surface area contributed by atoms with Gasteiger partial charge in [-0.15, -0.1) is 0 Å². The fourth-order valence-electron chi connectivity index (χ4n) is 3.32. The molecule has 1 atom stereocenters. The first-order chi connectivity index (χ1) is 12.8. The number of hydrogen-bond acceptors (Lipinski definition) is 2. The van der Waals surface area contributed by atoms with E-state index in [1.54, 1.807) is 6.07 Å². The number of rotatable bonds is 4. The molecule has 0 bridgehead atoms. The zero-order valence-electron chi connectivity index (χ0n) is 15.1. The van der Waals surface area contributed by atoms with E-state index in [1.165, 1.54) is 12.1 Å². The summed E-state index contributed by atoms with van der Waals surface area (Å²) >= 11 is 0. The molecule has 0 spiro atoms. The van der Waals surface area contributed by atoms with Crippen molar-refractivity contribution in [1.82, 2.24) is 0 Å². The van der Waals surface area contributed by atoms with Gasteiger partial charge in [0.15, 0.2) is 6.04 Å². The van der Waals surface area contributed by atoms with Crippen LogP contribution in [0.4, 0.5) is 24.5 Å². The van der Waals surface area contributed by atoms with E-state index in [0.717, 1.165) is 16.7 Å². The van der Waals surface area contributed by atoms with Crippen LogP contribution >= 0.6 is 0 Å². The van der Waals surface area contributed by atoms with Gasteiger partial charge < -0.3 is 15.1 Å². The molecule has 27 heavy (non-hydrogen) atoms. The van der Waals surface area contributed by atoms with E-state index in [2.05, 4.69) is 5.32 Å². The van der Waals surface area contributed by atoms with Crippen molar-refractivity contribution >= 4 is 17.3 Å². The van der Waals surface area contributed by atoms with Crippen LogP contribution in [0, 0.1) is 0 Å². The molecule has 1 amide bonds. The lowest BCUT2D eigenvalue weighted by molar-refractivity contribution is -0.914. The highest BCUT2D eigenvalue weighted by Gasteiger charge is 2.32. The second kappa shape index (κ2) is 8.00. The number of carbonyl (C=O) groups is 1. The zero-order valence-corrected chi connectivity index (χ0v) is 15.1. The lowest BCUT2D eigenvalue weighted by atomic mass is 10.1. The molecule has 7 heteroatoms. The normalized spacial score (nSPS) is 16.8. The fraction of sp³-hybridized carbons (Fsp3) is 0.350. The standard InChI is InChI=1S/C20H22F3N3O/c1-15(19(27)24-17-7-3-2-4-8-17)25-10-12-26(13-11-25)18-9-5-6-16(14-18)20(21,22)23/h2-9,14-15H,10-13H2,1H3,(H,24,27)/p+1/t15-/m1/s1. The summed E-state index contributed by atoms with van der Waals surface area (Å²) in [6.07, 6.45) is -4.34. The predicted octanol–water partition coefficient (Wildman–Crippen LogP) is 2.44. The minimum Gasteiger partial charge on any atom is -0.360 e. The van der Waals surface area contributed by atoms with Crippen LogP contribution in [0.5, 0.6) is 0 Å². The van der Waals surface area contributed by atoms with Crippen LogP contribution in [-0.4, -0.2) is 38.1 Å². The molecule has 2 aromatic carbocycles. The molecule has 1 fully saturated rings. The van der Waals surface area contributed by atoms with Crippen molar-refractivity contribution in [2.24, 2.45) is 0 Å². The molecular formula is C20H23F3N3O+. The summed E-state index contributed by atoms with van der Waals surface area (Å²) in [5, 5.41) is 2.91. The molecule has 2 aromatic rings. The molecule has 1 aliphatic rings. The second-order valence-electron chi connectivity index (χ2n) is 6.77. The average Bonchev–Trinajstić information content (AvgIpc) is 2.68. The van der Waals surface area contributed by atoms with Crippen molar-refractivity contribution in [1.29, 1.82) is 0 Å². The molecule has 1 aliphatic heterocycles. The van der Waals surface area contributed by atoms with Gasteiger partial charge in [-0.25, -0.2) is 0 Å². The highest BCUT2D eigenvalue weighted by atomic mass is 19.4. The first-order valence-corrected chi connectivity index (χ1v) is 8.97. The molecule has 144 valence electrons. The Morgan fingerprint density at radius 2 is 1.74 bits per heavy atom. The maximum absolute atomic E-state index is 12.9. The Hall–Kier alpha value is -2.54. The van der Waals surface area contributed by atoms with Crippen LogP contribution in [0.1, 0.15) is 12.5 Å². The summed E-state index contributed by atoms with van der Waals surface area (Å²) < 4.78 is 38.7. The number of nitrogens with zero attached hydrogens (tertiary/aromatic N) is 1. The van der Waals surface area contributed by atoms with E-state index in [9.17, 15) is 18.0 Å². The van der Waals surface area contributed by atoms with E-state index < -0.39 is 11.7 Å². The van der Waals surface area contributed by atoms with Crippen LogP contribution < -0.4 is 15.1 Å². The average molecular weight is 378 g/mol. The number of carbonyl (C=O) groups excluding carboxylic acids is 1. The first kappa shape index (κ1) is 19.2. The van der Waals surface area contributed by atoms with Crippen molar-refractivity contribution in [2.45, 2.75) is 19.1 Å². The van der Waals surface area contributed by atoms with E-state index >= 15 is 0 Å². The smallest absolute Gasteiger partial charge is 0.360 e. The molecule has 0 aromatic heterocycles. The van der Waals surface area contributed by atoms with Gasteiger partial charge in [0.05, 0.1) is 31.7 Å². The third-order valence-electron chi connectivity index (χ3n) is 4.99. The molecule has 2 N–H and O–H groups in total. The third kappa shape index (κ3) is 4.80. The number of anilines is 2. The van der Waals surface area contributed by atoms with Crippen LogP contribution in [-0.2, 0) is 11.0 Å². The Morgan fingerprint density at radius 1 is 1.07 bits per heavy atom. The minimum atomic E-state index is -4.34. The molecule has 0 aliphatic carbocycles. The quantitative estimate of drug-likeness (QED) is 0.858. The molecule has 0 saturated carbocycles. The Kier molecular flexibility index (Phi) is 5.70. The highest BCUT2D eigenvalue weighted by molar-refractivity contribution is 5.93. The van der Waals surface area contributed by atoms with Gasteiger partial charge in [0.1, 0.15) is 0 Å². The van der Waals surface area contributed by atoms with Gasteiger partial charge in [-0.2, -0.15) is 13.2 Å². The Bertz CT molecular complexity index is 772. The van der Waals surface area contributed by atoms with Crippen molar-refractivity contribution in [2.75, 3.05) is 36.4 Å². The van der Waals surface area contributed by atoms with Crippen molar-refractivity contribution < 1.29 is 22.9 Å². The molecule has 1 heterocycles. The fourth-order valence-corrected chi connectivity index (χ4v) is 3.32. The summed E-state index contributed by atoms with van der Waals surface area (Å²) in [7, 11) is 0. The monoisotopic (exact) mass is 378 g/mol. The number of alkyl halides is 3. The summed E-state index contributed by atoms with van der Waals surface area (Å²) in [5.41, 5.74) is 0.701. The van der Waals surface area contributed by atoms with Gasteiger partial charge in [0.2, 0.25) is 0 Å². The number of amides is 1. The summed E-state index contributed by atoms with van der Waals surface area (Å²) in [5.74, 6) is -0.0521. The zero-order chi connectivity index (χ0) is 19.4. The Morgan fingerprint density at radius 3 is 2.37 bits per heavy atom. The van der Waals surface area contributed by atoms with Crippen LogP contribution in [0.2, 0.25) is 0 Å². The topological polar surface area (TPSA) is 36.8 Å². The van der Waals surface area contributed by atoms with Gasteiger partial charge in [0, 0.05) is 11.4 Å². The molecule has 1 saturated heterocycles. The SMILES string of the molecule is C[C@H](C(=O)Nc1ccccc1)[NH+]1CCN(c2cccc(C(F)(F)F)c2)CC1. The summed E-state index contributed by atoms with van der Waals surface area (Å²) in [6, 6.07) is 14.5. The largest absolute Gasteiger partial charge is 0.416 e. The number of quaternary nitrogens is 1. The molecule has 0 unspecified atom stereocenters. The number of nitrogens with one attached hydrogen (secondary N) is 2. The summed E-state index contributed by atoms with van der Waals surface area (Å²) in [4.78, 5) is 15.5. The number of piperazine rings is 1. The van der Waals surface area contributed by atoms with E-state index in [4.69, 9.17) is 0 Å². The Balaban J connectivity index is 1.58.